The van der Waals surface area contributed by atoms with E-state index in [2.05, 4.69) is 10.4 Å². The van der Waals surface area contributed by atoms with Crippen LogP contribution in [0.15, 0.2) is 30.5 Å². The summed E-state index contributed by atoms with van der Waals surface area (Å²) >= 11 is 0. The molecule has 1 heterocycles. The molecule has 1 aromatic carbocycles. The fraction of sp³-hybridized carbons (Fsp3) is 0.444. The van der Waals surface area contributed by atoms with Crippen LogP contribution in [0.25, 0.3) is 5.69 Å². The highest BCUT2D eigenvalue weighted by atomic mass is 35.5. The Hall–Kier alpha value is -2.05. The van der Waals surface area contributed by atoms with Crippen molar-refractivity contribution in [3.8, 4) is 11.4 Å². The molecule has 0 bridgehead atoms. The van der Waals surface area contributed by atoms with Crippen molar-refractivity contribution in [2.24, 2.45) is 5.73 Å². The van der Waals surface area contributed by atoms with Gasteiger partial charge < -0.3 is 15.8 Å². The van der Waals surface area contributed by atoms with E-state index in [1.807, 2.05) is 39.0 Å². The number of ether oxygens (including phenoxy) is 1. The smallest absolute Gasteiger partial charge is 0.271 e. The number of nitrogens with two attached hydrogens (primary N) is 1. The average molecular weight is 367 g/mol. The Morgan fingerprint density at radius 1 is 1.32 bits per heavy atom. The SMILES string of the molecule is CCC(N)(CC)CNC(=O)c1ccn(-c2cc(C)ccc2OC)n1.Cl. The maximum atomic E-state index is 12.3. The number of methoxy groups -OCH3 is 1. The Bertz CT molecular complexity index is 711. The fourth-order valence-electron chi connectivity index (χ4n) is 2.41. The number of carbonyl (C=O) groups is 1. The van der Waals surface area contributed by atoms with Crippen LogP contribution in [0.3, 0.4) is 0 Å². The number of rotatable bonds is 7. The molecule has 0 aliphatic heterocycles. The van der Waals surface area contributed by atoms with Crippen LogP contribution in [0.5, 0.6) is 5.75 Å². The number of aryl methyl sites for hydroxylation is 1. The minimum atomic E-state index is -0.377. The molecule has 0 radical (unpaired) electrons. The van der Waals surface area contributed by atoms with Gasteiger partial charge in [-0.2, -0.15) is 5.10 Å². The third-order valence-corrected chi connectivity index (χ3v) is 4.41. The Labute approximate surface area is 155 Å². The van der Waals surface area contributed by atoms with Gasteiger partial charge in [-0.15, -0.1) is 12.4 Å². The van der Waals surface area contributed by atoms with Gasteiger partial charge >= 0.3 is 0 Å². The Kier molecular flexibility index (Phi) is 7.45. The van der Waals surface area contributed by atoms with Crippen LogP contribution in [-0.2, 0) is 0 Å². The number of nitrogens with zero attached hydrogens (tertiary/aromatic N) is 2. The molecule has 2 aromatic rings. The van der Waals surface area contributed by atoms with Gasteiger partial charge in [0, 0.05) is 18.3 Å². The molecule has 6 nitrogen and oxygen atoms in total. The second-order valence-electron chi connectivity index (χ2n) is 6.07. The number of aromatic nitrogens is 2. The highest BCUT2D eigenvalue weighted by molar-refractivity contribution is 5.92. The third kappa shape index (κ3) is 4.96. The standard InChI is InChI=1S/C18H26N4O2.ClH/c1-5-18(19,6-2)12-20-17(23)14-9-10-22(21-14)15-11-13(3)7-8-16(15)24-4;/h7-11H,5-6,12,19H2,1-4H3,(H,20,23);1H. The van der Waals surface area contributed by atoms with Gasteiger partial charge in [0.2, 0.25) is 0 Å². The minimum absolute atomic E-state index is 0. The zero-order valence-electron chi connectivity index (χ0n) is 15.2. The van der Waals surface area contributed by atoms with Crippen molar-refractivity contribution in [3.05, 3.63) is 41.7 Å². The van der Waals surface area contributed by atoms with E-state index >= 15 is 0 Å². The summed E-state index contributed by atoms with van der Waals surface area (Å²) in [6.07, 6.45) is 3.36. The zero-order chi connectivity index (χ0) is 17.7. The van der Waals surface area contributed by atoms with E-state index in [9.17, 15) is 4.79 Å². The highest BCUT2D eigenvalue weighted by Crippen LogP contribution is 2.23. The summed E-state index contributed by atoms with van der Waals surface area (Å²) in [6.45, 7) is 6.47. The van der Waals surface area contributed by atoms with Crippen molar-refractivity contribution in [2.75, 3.05) is 13.7 Å². The zero-order valence-corrected chi connectivity index (χ0v) is 16.0. The van der Waals surface area contributed by atoms with Crippen molar-refractivity contribution in [2.45, 2.75) is 39.2 Å². The molecule has 0 unspecified atom stereocenters. The maximum Gasteiger partial charge on any atom is 0.271 e. The van der Waals surface area contributed by atoms with Gasteiger partial charge in [0.05, 0.1) is 7.11 Å². The fourth-order valence-corrected chi connectivity index (χ4v) is 2.41. The van der Waals surface area contributed by atoms with E-state index in [0.29, 0.717) is 18.0 Å². The number of halogens is 1. The number of hydrogen-bond donors (Lipinski definition) is 2. The summed E-state index contributed by atoms with van der Waals surface area (Å²) in [7, 11) is 1.61. The van der Waals surface area contributed by atoms with Gasteiger partial charge in [0.25, 0.3) is 5.91 Å². The van der Waals surface area contributed by atoms with Crippen LogP contribution in [0.2, 0.25) is 0 Å². The minimum Gasteiger partial charge on any atom is -0.494 e. The number of amides is 1. The number of carbonyl (C=O) groups excluding carboxylic acids is 1. The van der Waals surface area contributed by atoms with Crippen molar-refractivity contribution >= 4 is 18.3 Å². The van der Waals surface area contributed by atoms with E-state index < -0.39 is 0 Å². The van der Waals surface area contributed by atoms with Crippen LogP contribution < -0.4 is 15.8 Å². The lowest BCUT2D eigenvalue weighted by atomic mass is 9.94. The van der Waals surface area contributed by atoms with Crippen LogP contribution in [-0.4, -0.2) is 34.9 Å². The third-order valence-electron chi connectivity index (χ3n) is 4.41. The van der Waals surface area contributed by atoms with Crippen LogP contribution >= 0.6 is 12.4 Å². The van der Waals surface area contributed by atoms with Crippen LogP contribution in [0, 0.1) is 6.92 Å². The van der Waals surface area contributed by atoms with Gasteiger partial charge in [-0.25, -0.2) is 4.68 Å². The van der Waals surface area contributed by atoms with Gasteiger partial charge in [0.15, 0.2) is 5.69 Å². The highest BCUT2D eigenvalue weighted by Gasteiger charge is 2.22. The predicted octanol–water partition coefficient (Wildman–Crippen LogP) is 2.86. The lowest BCUT2D eigenvalue weighted by Crippen LogP contribution is -2.49. The molecule has 3 N–H and O–H groups in total. The van der Waals surface area contributed by atoms with E-state index in [4.69, 9.17) is 10.5 Å². The van der Waals surface area contributed by atoms with Gasteiger partial charge in [-0.1, -0.05) is 19.9 Å². The molecule has 2 rings (SSSR count). The molecule has 1 amide bonds. The first-order valence-electron chi connectivity index (χ1n) is 8.20. The summed E-state index contributed by atoms with van der Waals surface area (Å²) in [5.41, 5.74) is 8.08. The largest absolute Gasteiger partial charge is 0.494 e. The van der Waals surface area contributed by atoms with Crippen molar-refractivity contribution in [3.63, 3.8) is 0 Å². The van der Waals surface area contributed by atoms with Crippen LogP contribution in [0.4, 0.5) is 0 Å². The second-order valence-corrected chi connectivity index (χ2v) is 6.07. The molecule has 0 aliphatic carbocycles. The first-order chi connectivity index (χ1) is 11.4. The number of benzene rings is 1. The molecule has 0 saturated heterocycles. The summed E-state index contributed by atoms with van der Waals surface area (Å²) < 4.78 is 7.02. The molecule has 1 aromatic heterocycles. The molecular formula is C18H27ClN4O2. The van der Waals surface area contributed by atoms with E-state index in [0.717, 1.165) is 24.1 Å². The molecule has 0 atom stereocenters. The molecule has 0 spiro atoms. The number of hydrogen-bond acceptors (Lipinski definition) is 4. The van der Waals surface area contributed by atoms with E-state index in [-0.39, 0.29) is 23.9 Å². The van der Waals surface area contributed by atoms with Gasteiger partial charge in [0.1, 0.15) is 11.4 Å². The predicted molar refractivity (Wildman–Crippen MR) is 102 cm³/mol. The first-order valence-corrected chi connectivity index (χ1v) is 8.20. The van der Waals surface area contributed by atoms with Crippen LogP contribution in [0.1, 0.15) is 42.7 Å². The van der Waals surface area contributed by atoms with Crippen molar-refractivity contribution in [1.82, 2.24) is 15.1 Å². The quantitative estimate of drug-likeness (QED) is 0.789. The molecule has 0 saturated carbocycles. The van der Waals surface area contributed by atoms with Crippen molar-refractivity contribution < 1.29 is 9.53 Å². The van der Waals surface area contributed by atoms with Gasteiger partial charge in [-0.05, 0) is 43.5 Å². The lowest BCUT2D eigenvalue weighted by molar-refractivity contribution is 0.0936. The molecular weight excluding hydrogens is 340 g/mol. The van der Waals surface area contributed by atoms with Gasteiger partial charge in [-0.3, -0.25) is 4.79 Å². The van der Waals surface area contributed by atoms with E-state index in [1.54, 1.807) is 24.1 Å². The average Bonchev–Trinajstić information content (AvgIpc) is 3.09. The van der Waals surface area contributed by atoms with Crippen molar-refractivity contribution in [1.29, 1.82) is 0 Å². The summed E-state index contributed by atoms with van der Waals surface area (Å²) in [4.78, 5) is 12.3. The first kappa shape index (κ1) is 21.0. The molecule has 138 valence electrons. The number of nitrogens with one attached hydrogen (secondary N) is 1. The second kappa shape index (κ2) is 8.87. The topological polar surface area (TPSA) is 82.2 Å². The molecule has 25 heavy (non-hydrogen) atoms. The van der Waals surface area contributed by atoms with E-state index in [1.165, 1.54) is 0 Å². The summed E-state index contributed by atoms with van der Waals surface area (Å²) in [5.74, 6) is 0.477. The lowest BCUT2D eigenvalue weighted by Gasteiger charge is -2.26. The summed E-state index contributed by atoms with van der Waals surface area (Å²) in [5, 5.41) is 7.24. The Balaban J connectivity index is 0.00000312. The molecule has 0 aliphatic rings. The monoisotopic (exact) mass is 366 g/mol. The maximum absolute atomic E-state index is 12.3. The Morgan fingerprint density at radius 2 is 2.00 bits per heavy atom. The summed E-state index contributed by atoms with van der Waals surface area (Å²) in [6, 6.07) is 7.51. The Morgan fingerprint density at radius 3 is 2.60 bits per heavy atom. The molecule has 0 fully saturated rings. The normalized spacial score (nSPS) is 10.9. The molecule has 7 heteroatoms.